The van der Waals surface area contributed by atoms with Crippen LogP contribution in [0.15, 0.2) is 30.6 Å². The third-order valence-corrected chi connectivity index (χ3v) is 8.38. The summed E-state index contributed by atoms with van der Waals surface area (Å²) in [5, 5.41) is 14.4. The molecular weight excluding hydrogens is 499 g/mol. The summed E-state index contributed by atoms with van der Waals surface area (Å²) in [6.45, 7) is 2.13. The van der Waals surface area contributed by atoms with Crippen LogP contribution in [0.1, 0.15) is 60.5 Å². The number of amides is 2. The van der Waals surface area contributed by atoms with Gasteiger partial charge in [-0.1, -0.05) is 0 Å². The zero-order chi connectivity index (χ0) is 26.6. The minimum atomic E-state index is -4.35. The first kappa shape index (κ1) is 24.9. The van der Waals surface area contributed by atoms with Crippen molar-refractivity contribution in [2.75, 3.05) is 6.54 Å². The number of aryl methyl sites for hydroxylation is 1. The molecule has 2 unspecified atom stereocenters. The maximum absolute atomic E-state index is 13.2. The molecule has 3 fully saturated rings. The van der Waals surface area contributed by atoms with Gasteiger partial charge in [0.1, 0.15) is 5.69 Å². The number of imidazole rings is 1. The molecule has 1 saturated heterocycles. The molecule has 202 valence electrons. The molecule has 1 aliphatic heterocycles. The van der Waals surface area contributed by atoms with Crippen LogP contribution >= 0.6 is 0 Å². The van der Waals surface area contributed by atoms with Gasteiger partial charge in [-0.3, -0.25) is 14.3 Å². The lowest BCUT2D eigenvalue weighted by atomic mass is 9.86. The van der Waals surface area contributed by atoms with Crippen molar-refractivity contribution in [3.05, 3.63) is 47.7 Å². The Hall–Kier alpha value is -3.44. The third kappa shape index (κ3) is 4.76. The minimum Gasteiger partial charge on any atom is -0.355 e. The zero-order valence-electron chi connectivity index (χ0n) is 21.0. The molecule has 0 spiro atoms. The molecule has 6 atom stereocenters. The number of halogens is 3. The summed E-state index contributed by atoms with van der Waals surface area (Å²) in [5.74, 6) is -1.26. The van der Waals surface area contributed by atoms with Crippen LogP contribution in [0, 0.1) is 29.6 Å². The highest BCUT2D eigenvalue weighted by Gasteiger charge is 2.49. The van der Waals surface area contributed by atoms with E-state index < -0.39 is 18.0 Å². The second kappa shape index (κ2) is 9.39. The van der Waals surface area contributed by atoms with E-state index in [0.717, 1.165) is 12.8 Å². The third-order valence-electron chi connectivity index (χ3n) is 8.38. The van der Waals surface area contributed by atoms with E-state index in [-0.39, 0.29) is 43.2 Å². The Balaban J connectivity index is 1.24. The first-order valence-electron chi connectivity index (χ1n) is 13.2. The largest absolute Gasteiger partial charge is 0.393 e. The van der Waals surface area contributed by atoms with Gasteiger partial charge in [0.25, 0.3) is 5.91 Å². The molecule has 2 aliphatic carbocycles. The van der Waals surface area contributed by atoms with Crippen LogP contribution in [-0.4, -0.2) is 48.9 Å². The van der Waals surface area contributed by atoms with Crippen LogP contribution in [0.3, 0.4) is 0 Å². The molecule has 2 N–H and O–H groups in total. The Morgan fingerprint density at radius 3 is 2.71 bits per heavy atom. The molecule has 0 aromatic carbocycles. The Morgan fingerprint density at radius 2 is 1.97 bits per heavy atom. The number of rotatable bonds is 7. The number of carbonyl (C=O) groups is 2. The Labute approximate surface area is 217 Å². The molecule has 6 rings (SSSR count). The monoisotopic (exact) mass is 529 g/mol. The minimum absolute atomic E-state index is 0.106. The normalized spacial score (nSPS) is 27.7. The lowest BCUT2D eigenvalue weighted by Gasteiger charge is -2.30. The molecule has 0 radical (unpaired) electrons. The fourth-order valence-corrected chi connectivity index (χ4v) is 6.24. The highest BCUT2D eigenvalue weighted by molar-refractivity contribution is 5.92. The van der Waals surface area contributed by atoms with Crippen LogP contribution in [0.5, 0.6) is 0 Å². The van der Waals surface area contributed by atoms with Gasteiger partial charge in [0.2, 0.25) is 5.91 Å². The number of hydrogen-bond donors (Lipinski definition) is 2. The van der Waals surface area contributed by atoms with Crippen molar-refractivity contribution >= 4 is 17.5 Å². The molecule has 2 amide bonds. The van der Waals surface area contributed by atoms with E-state index in [4.69, 9.17) is 4.98 Å². The van der Waals surface area contributed by atoms with Crippen molar-refractivity contribution in [3.8, 4) is 0 Å². The first-order valence-corrected chi connectivity index (χ1v) is 13.2. The average molecular weight is 530 g/mol. The highest BCUT2D eigenvalue weighted by atomic mass is 19.4. The summed E-state index contributed by atoms with van der Waals surface area (Å²) in [6, 6.07) is 4.86. The number of fused-ring (bicyclic) bond motifs is 2. The molecule has 0 bridgehead atoms. The van der Waals surface area contributed by atoms with Crippen LogP contribution < -0.4 is 10.6 Å². The van der Waals surface area contributed by atoms with E-state index in [1.54, 1.807) is 39.8 Å². The van der Waals surface area contributed by atoms with Gasteiger partial charge in [0.05, 0.1) is 29.5 Å². The Morgan fingerprint density at radius 1 is 1.18 bits per heavy atom. The summed E-state index contributed by atoms with van der Waals surface area (Å²) in [4.78, 5) is 30.2. The fraction of sp³-hybridized carbons (Fsp3) is 0.577. The van der Waals surface area contributed by atoms with Crippen LogP contribution in [0.4, 0.5) is 13.2 Å². The lowest BCUT2D eigenvalue weighted by molar-refractivity contribution is -0.183. The average Bonchev–Trinajstić information content (AvgIpc) is 3.27. The molecular formula is C26H30F3N7O2. The smallest absolute Gasteiger partial charge is 0.355 e. The Bertz CT molecular complexity index is 1360. The lowest BCUT2D eigenvalue weighted by Crippen LogP contribution is -2.47. The van der Waals surface area contributed by atoms with Gasteiger partial charge in [-0.2, -0.15) is 23.4 Å². The molecule has 3 aliphatic rings. The van der Waals surface area contributed by atoms with Gasteiger partial charge < -0.3 is 10.6 Å². The Kier molecular flexibility index (Phi) is 6.14. The van der Waals surface area contributed by atoms with Crippen molar-refractivity contribution in [3.63, 3.8) is 0 Å². The van der Waals surface area contributed by atoms with Gasteiger partial charge in [0, 0.05) is 31.6 Å². The highest BCUT2D eigenvalue weighted by Crippen LogP contribution is 2.57. The van der Waals surface area contributed by atoms with Crippen molar-refractivity contribution in [1.29, 1.82) is 0 Å². The second-order valence-corrected chi connectivity index (χ2v) is 10.9. The van der Waals surface area contributed by atoms with Crippen molar-refractivity contribution in [2.24, 2.45) is 29.6 Å². The van der Waals surface area contributed by atoms with Gasteiger partial charge in [-0.15, -0.1) is 0 Å². The molecule has 2 saturated carbocycles. The number of alkyl halides is 3. The van der Waals surface area contributed by atoms with Crippen LogP contribution in [0.2, 0.25) is 0 Å². The summed E-state index contributed by atoms with van der Waals surface area (Å²) >= 11 is 0. The number of nitrogens with one attached hydrogen (secondary N) is 2. The summed E-state index contributed by atoms with van der Waals surface area (Å²) in [7, 11) is 0. The van der Waals surface area contributed by atoms with E-state index in [9.17, 15) is 22.8 Å². The first-order chi connectivity index (χ1) is 18.2. The molecule has 12 heteroatoms. The van der Waals surface area contributed by atoms with E-state index >= 15 is 0 Å². The SMILES string of the molecule is CCn1nccc1C(=O)N[C@H](c1cn2nc(CC3C[C@@H](C(F)(F)F)CNC3=O)ccc2n1)C1C[C@@H]2C[C@@H]2C1. The summed E-state index contributed by atoms with van der Waals surface area (Å²) < 4.78 is 42.9. The molecule has 3 aromatic heterocycles. The topological polar surface area (TPSA) is 106 Å². The van der Waals surface area contributed by atoms with E-state index in [1.807, 2.05) is 6.92 Å². The summed E-state index contributed by atoms with van der Waals surface area (Å²) in [6.07, 6.45) is 2.21. The quantitative estimate of drug-likeness (QED) is 0.489. The van der Waals surface area contributed by atoms with Gasteiger partial charge >= 0.3 is 6.18 Å². The van der Waals surface area contributed by atoms with E-state index in [2.05, 4.69) is 20.8 Å². The molecule has 4 heterocycles. The second-order valence-electron chi connectivity index (χ2n) is 10.9. The van der Waals surface area contributed by atoms with E-state index in [0.29, 0.717) is 41.1 Å². The number of piperidine rings is 1. The van der Waals surface area contributed by atoms with Gasteiger partial charge in [-0.05, 0) is 68.6 Å². The summed E-state index contributed by atoms with van der Waals surface area (Å²) in [5.41, 5.74) is 2.28. The maximum atomic E-state index is 13.2. The number of hydrogen-bond acceptors (Lipinski definition) is 5. The number of nitrogens with zero attached hydrogens (tertiary/aromatic N) is 5. The van der Waals surface area contributed by atoms with Gasteiger partial charge in [0.15, 0.2) is 5.65 Å². The zero-order valence-corrected chi connectivity index (χ0v) is 21.0. The maximum Gasteiger partial charge on any atom is 0.393 e. The number of carbonyl (C=O) groups excluding carboxylic acids is 2. The van der Waals surface area contributed by atoms with E-state index in [1.165, 1.54) is 6.42 Å². The number of aromatic nitrogens is 5. The van der Waals surface area contributed by atoms with Crippen LogP contribution in [-0.2, 0) is 17.8 Å². The van der Waals surface area contributed by atoms with Crippen molar-refractivity contribution in [1.82, 2.24) is 35.0 Å². The molecule has 3 aromatic rings. The fourth-order valence-electron chi connectivity index (χ4n) is 6.24. The van der Waals surface area contributed by atoms with Crippen molar-refractivity contribution < 1.29 is 22.8 Å². The predicted octanol–water partition coefficient (Wildman–Crippen LogP) is 3.32. The molecule has 38 heavy (non-hydrogen) atoms. The predicted molar refractivity (Wildman–Crippen MR) is 130 cm³/mol. The van der Waals surface area contributed by atoms with Crippen molar-refractivity contribution in [2.45, 2.75) is 57.8 Å². The van der Waals surface area contributed by atoms with Gasteiger partial charge in [-0.25, -0.2) is 9.50 Å². The molecule has 9 nitrogen and oxygen atoms in total. The standard InChI is InChI=1S/C26H30F3N7O2/c1-2-35-21(5-6-31-35)25(38)33-23(16-8-14-7-15(14)9-16)20-13-36-22(32-20)4-3-19(34-36)11-17-10-18(26(27,28)29)12-30-24(17)37/h3-6,13-18,23H,2,7-12H2,1H3,(H,30,37)(H,33,38)/t14-,15+,16?,17?,18-,23+/m1/s1. The van der Waals surface area contributed by atoms with Crippen LogP contribution in [0.25, 0.3) is 5.65 Å².